The molecule has 4 heteroatoms. The first-order chi connectivity index (χ1) is 31.4. The number of hydrogen-bond acceptors (Lipinski definition) is 4. The Balaban J connectivity index is 0.999. The van der Waals surface area contributed by atoms with Gasteiger partial charge in [0.05, 0.1) is 22.9 Å². The average molecular weight is 835 g/mol. The number of benzene rings is 8. The molecular formula is C60H54N2O2. The molecular weight excluding hydrogens is 781 g/mol. The van der Waals surface area contributed by atoms with Crippen molar-refractivity contribution in [2.75, 3.05) is 0 Å². The summed E-state index contributed by atoms with van der Waals surface area (Å²) in [5, 5.41) is 24.7. The van der Waals surface area contributed by atoms with Crippen LogP contribution in [0.25, 0.3) is 0 Å². The zero-order chi connectivity index (χ0) is 43.9. The van der Waals surface area contributed by atoms with E-state index in [1.807, 2.05) is 61.0 Å². The predicted molar refractivity (Wildman–Crippen MR) is 264 cm³/mol. The number of phenols is 2. The SMILES string of the molecule is Cc1cc(C=NC2CCC(N=Cc3cc(C)cc(C(c4ccccc4)(c4ccccc4)c4ccccc4)c3O)CC2)c(O)c(C(c2ccccc2)(c2ccccc2)c2ccccc2)c1. The molecule has 8 aromatic carbocycles. The van der Waals surface area contributed by atoms with Crippen LogP contribution >= 0.6 is 0 Å². The van der Waals surface area contributed by atoms with E-state index in [0.29, 0.717) is 11.1 Å². The third kappa shape index (κ3) is 7.97. The molecule has 0 amide bonds. The topological polar surface area (TPSA) is 65.2 Å². The van der Waals surface area contributed by atoms with Crippen molar-refractivity contribution in [3.8, 4) is 11.5 Å². The fourth-order valence-corrected chi connectivity index (χ4v) is 10.2. The summed E-state index contributed by atoms with van der Waals surface area (Å²) in [6, 6.07) is 71.5. The van der Waals surface area contributed by atoms with Crippen LogP contribution in [-0.4, -0.2) is 34.7 Å². The van der Waals surface area contributed by atoms with Gasteiger partial charge in [-0.05, 0) is 96.2 Å². The quantitative estimate of drug-likeness (QED) is 0.0951. The number of aromatic hydroxyl groups is 2. The van der Waals surface area contributed by atoms with Crippen LogP contribution in [-0.2, 0) is 10.8 Å². The molecule has 0 heterocycles. The summed E-state index contributed by atoms with van der Waals surface area (Å²) < 4.78 is 0. The van der Waals surface area contributed by atoms with E-state index in [2.05, 4.69) is 172 Å². The van der Waals surface area contributed by atoms with Crippen LogP contribution in [0, 0.1) is 13.8 Å². The molecule has 1 aliphatic rings. The van der Waals surface area contributed by atoms with E-state index in [-0.39, 0.29) is 23.6 Å². The van der Waals surface area contributed by atoms with Gasteiger partial charge >= 0.3 is 0 Å². The fourth-order valence-electron chi connectivity index (χ4n) is 10.2. The molecule has 1 fully saturated rings. The lowest BCUT2D eigenvalue weighted by Crippen LogP contribution is -2.31. The van der Waals surface area contributed by atoms with Crippen molar-refractivity contribution in [1.29, 1.82) is 0 Å². The van der Waals surface area contributed by atoms with Gasteiger partial charge in [-0.3, -0.25) is 9.98 Å². The molecule has 9 rings (SSSR count). The molecule has 0 saturated heterocycles. The highest BCUT2D eigenvalue weighted by Crippen LogP contribution is 2.50. The zero-order valence-electron chi connectivity index (χ0n) is 36.6. The first-order valence-electron chi connectivity index (χ1n) is 22.5. The van der Waals surface area contributed by atoms with Gasteiger partial charge in [0.15, 0.2) is 0 Å². The Labute approximate surface area is 378 Å². The molecule has 0 unspecified atom stereocenters. The van der Waals surface area contributed by atoms with Crippen LogP contribution in [0.2, 0.25) is 0 Å². The average Bonchev–Trinajstić information content (AvgIpc) is 3.35. The Kier molecular flexibility index (Phi) is 12.2. The number of aliphatic imine (C=N–C) groups is 2. The molecule has 1 saturated carbocycles. The lowest BCUT2D eigenvalue weighted by Gasteiger charge is -2.37. The minimum absolute atomic E-state index is 0.110. The first-order valence-corrected chi connectivity index (χ1v) is 22.5. The Morgan fingerprint density at radius 2 is 0.609 bits per heavy atom. The summed E-state index contributed by atoms with van der Waals surface area (Å²) in [6.45, 7) is 4.18. The van der Waals surface area contributed by atoms with Crippen molar-refractivity contribution in [2.24, 2.45) is 9.98 Å². The monoisotopic (exact) mass is 834 g/mol. The standard InChI is InChI=1S/C60H54N2O2/c1-43-37-45(57(63)55(39-43)59(47-21-9-3-10-22-47,48-23-11-4-12-24-48)49-25-13-5-14-26-49)41-61-53-33-35-54(36-34-53)62-42-46-38-44(2)40-56(58(46)64)60(50-27-15-6-16-28-50,51-29-17-7-18-30-51)52-31-19-8-20-32-52/h3-32,37-42,53-54,63-64H,33-36H2,1-2H3. The van der Waals surface area contributed by atoms with Gasteiger partial charge in [-0.15, -0.1) is 0 Å². The molecule has 8 aromatic rings. The molecule has 64 heavy (non-hydrogen) atoms. The number of aryl methyl sites for hydroxylation is 2. The third-order valence-electron chi connectivity index (χ3n) is 13.1. The second-order valence-corrected chi connectivity index (χ2v) is 17.2. The van der Waals surface area contributed by atoms with E-state index < -0.39 is 10.8 Å². The van der Waals surface area contributed by atoms with E-state index in [0.717, 1.165) is 81.3 Å². The van der Waals surface area contributed by atoms with Crippen LogP contribution in [0.5, 0.6) is 11.5 Å². The number of nitrogens with zero attached hydrogens (tertiary/aromatic N) is 2. The summed E-state index contributed by atoms with van der Waals surface area (Å²) in [5.74, 6) is 0.467. The maximum absolute atomic E-state index is 12.4. The summed E-state index contributed by atoms with van der Waals surface area (Å²) in [6.07, 6.45) is 7.29. The Morgan fingerprint density at radius 1 is 0.375 bits per heavy atom. The van der Waals surface area contributed by atoms with Gasteiger partial charge in [-0.2, -0.15) is 0 Å². The third-order valence-corrected chi connectivity index (χ3v) is 13.1. The maximum atomic E-state index is 12.4. The summed E-state index contributed by atoms with van der Waals surface area (Å²) in [4.78, 5) is 10.2. The number of hydrogen-bond donors (Lipinski definition) is 2. The predicted octanol–water partition coefficient (Wildman–Crippen LogP) is 13.3. The molecule has 0 radical (unpaired) electrons. The smallest absolute Gasteiger partial charge is 0.129 e. The maximum Gasteiger partial charge on any atom is 0.129 e. The van der Waals surface area contributed by atoms with Gasteiger partial charge < -0.3 is 10.2 Å². The largest absolute Gasteiger partial charge is 0.507 e. The Bertz CT molecular complexity index is 2460. The van der Waals surface area contributed by atoms with Crippen LogP contribution in [0.3, 0.4) is 0 Å². The minimum atomic E-state index is -0.767. The summed E-state index contributed by atoms with van der Waals surface area (Å²) >= 11 is 0. The highest BCUT2D eigenvalue weighted by atomic mass is 16.3. The normalized spacial score (nSPS) is 15.7. The van der Waals surface area contributed by atoms with Crippen LogP contribution < -0.4 is 0 Å². The van der Waals surface area contributed by atoms with Crippen molar-refractivity contribution in [2.45, 2.75) is 62.4 Å². The van der Waals surface area contributed by atoms with Gasteiger partial charge in [0.1, 0.15) is 11.5 Å². The van der Waals surface area contributed by atoms with Crippen LogP contribution in [0.1, 0.15) is 92.4 Å². The highest BCUT2D eigenvalue weighted by Gasteiger charge is 2.42. The second-order valence-electron chi connectivity index (χ2n) is 17.2. The van der Waals surface area contributed by atoms with Gasteiger partial charge in [-0.1, -0.05) is 194 Å². The van der Waals surface area contributed by atoms with Gasteiger partial charge in [0.2, 0.25) is 0 Å². The number of phenolic OH excluding ortho intramolecular Hbond substituents is 2. The van der Waals surface area contributed by atoms with Crippen molar-refractivity contribution in [3.63, 3.8) is 0 Å². The van der Waals surface area contributed by atoms with Crippen LogP contribution in [0.15, 0.2) is 216 Å². The second kappa shape index (κ2) is 18.6. The highest BCUT2D eigenvalue weighted by molar-refractivity contribution is 5.87. The molecule has 0 aromatic heterocycles. The lowest BCUT2D eigenvalue weighted by molar-refractivity contribution is 0.399. The van der Waals surface area contributed by atoms with Crippen molar-refractivity contribution in [3.05, 3.63) is 273 Å². The van der Waals surface area contributed by atoms with Crippen molar-refractivity contribution in [1.82, 2.24) is 0 Å². The Morgan fingerprint density at radius 3 is 0.844 bits per heavy atom. The molecule has 316 valence electrons. The van der Waals surface area contributed by atoms with Gasteiger partial charge in [0, 0.05) is 34.7 Å². The molecule has 0 bridgehead atoms. The summed E-state index contributed by atoms with van der Waals surface area (Å²) in [7, 11) is 0. The van der Waals surface area contributed by atoms with E-state index >= 15 is 0 Å². The zero-order valence-corrected chi connectivity index (χ0v) is 36.6. The van der Waals surface area contributed by atoms with E-state index in [4.69, 9.17) is 9.98 Å². The number of rotatable bonds is 12. The van der Waals surface area contributed by atoms with Gasteiger partial charge in [-0.25, -0.2) is 0 Å². The summed E-state index contributed by atoms with van der Waals surface area (Å²) in [5.41, 5.74) is 10.1. The van der Waals surface area contributed by atoms with Crippen molar-refractivity contribution < 1.29 is 10.2 Å². The molecule has 0 atom stereocenters. The molecule has 0 spiro atoms. The molecule has 4 nitrogen and oxygen atoms in total. The Hall–Kier alpha value is -7.30. The van der Waals surface area contributed by atoms with Crippen LogP contribution in [0.4, 0.5) is 0 Å². The van der Waals surface area contributed by atoms with Crippen molar-refractivity contribution >= 4 is 12.4 Å². The van der Waals surface area contributed by atoms with E-state index in [1.54, 1.807) is 0 Å². The fraction of sp³-hybridized carbons (Fsp3) is 0.167. The van der Waals surface area contributed by atoms with E-state index in [9.17, 15) is 10.2 Å². The van der Waals surface area contributed by atoms with Gasteiger partial charge in [0.25, 0.3) is 0 Å². The lowest BCUT2D eigenvalue weighted by atomic mass is 9.64. The minimum Gasteiger partial charge on any atom is -0.507 e. The molecule has 2 N–H and O–H groups in total. The molecule has 1 aliphatic carbocycles. The molecule has 0 aliphatic heterocycles. The van der Waals surface area contributed by atoms with E-state index in [1.165, 1.54) is 0 Å². The first kappa shape index (κ1) is 42.0.